The van der Waals surface area contributed by atoms with Crippen LogP contribution in [0.3, 0.4) is 0 Å². The van der Waals surface area contributed by atoms with E-state index in [-0.39, 0.29) is 17.4 Å². The van der Waals surface area contributed by atoms with Gasteiger partial charge in [-0.2, -0.15) is 0 Å². The molecule has 0 atom stereocenters. The number of ether oxygens (including phenoxy) is 2. The highest BCUT2D eigenvalue weighted by atomic mass is 32.2. The predicted molar refractivity (Wildman–Crippen MR) is 183 cm³/mol. The maximum absolute atomic E-state index is 13.4. The third-order valence-electron chi connectivity index (χ3n) is 6.57. The topological polar surface area (TPSA) is 119 Å². The van der Waals surface area contributed by atoms with Crippen molar-refractivity contribution in [3.8, 4) is 22.8 Å². The van der Waals surface area contributed by atoms with Crippen LogP contribution in [0.4, 0.5) is 10.8 Å². The van der Waals surface area contributed by atoms with Gasteiger partial charge in [0.05, 0.1) is 25.7 Å². The standard InChI is InChI=1S/C35H30N4O5S2/c1-43-27-16-13-25(31(20-27)44-2)19-29(37-33(41)24-11-7-4-8-12-24)34(42)36-26-14-17-28(18-15-26)45-22-32(40)39-35-38-30(21-46-35)23-9-5-3-6-10-23/h3-21H,22H2,1-2H3,(H,36,42)(H,37,41)(H,38,39,40)/b29-19-. The highest BCUT2D eigenvalue weighted by molar-refractivity contribution is 8.00. The van der Waals surface area contributed by atoms with Gasteiger partial charge in [-0.25, -0.2) is 4.98 Å². The van der Waals surface area contributed by atoms with E-state index in [9.17, 15) is 14.4 Å². The first-order valence-corrected chi connectivity index (χ1v) is 15.9. The number of rotatable bonds is 12. The van der Waals surface area contributed by atoms with Crippen molar-refractivity contribution in [2.45, 2.75) is 4.90 Å². The lowest BCUT2D eigenvalue weighted by Gasteiger charge is -2.13. The molecule has 0 fully saturated rings. The van der Waals surface area contributed by atoms with E-state index in [0.717, 1.165) is 16.2 Å². The minimum Gasteiger partial charge on any atom is -0.497 e. The van der Waals surface area contributed by atoms with Crippen molar-refractivity contribution >= 4 is 57.7 Å². The molecular weight excluding hydrogens is 621 g/mol. The molecule has 3 N–H and O–H groups in total. The molecule has 232 valence electrons. The lowest BCUT2D eigenvalue weighted by atomic mass is 10.1. The van der Waals surface area contributed by atoms with Gasteiger partial charge in [0, 0.05) is 38.7 Å². The summed E-state index contributed by atoms with van der Waals surface area (Å²) in [5.74, 6) is 0.108. The van der Waals surface area contributed by atoms with Crippen LogP contribution in [0.1, 0.15) is 15.9 Å². The quantitative estimate of drug-likeness (QED) is 0.0986. The summed E-state index contributed by atoms with van der Waals surface area (Å²) in [7, 11) is 3.06. The molecule has 0 saturated carbocycles. The number of methoxy groups -OCH3 is 2. The number of amides is 3. The lowest BCUT2D eigenvalue weighted by Crippen LogP contribution is -2.30. The van der Waals surface area contributed by atoms with Gasteiger partial charge in [0.15, 0.2) is 5.13 Å². The van der Waals surface area contributed by atoms with E-state index in [2.05, 4.69) is 20.9 Å². The zero-order chi connectivity index (χ0) is 32.3. The van der Waals surface area contributed by atoms with Crippen LogP contribution in [0.15, 0.2) is 119 Å². The van der Waals surface area contributed by atoms with Gasteiger partial charge in [-0.1, -0.05) is 48.5 Å². The number of hydrogen-bond acceptors (Lipinski definition) is 8. The Hall–Kier alpha value is -5.39. The first-order chi connectivity index (χ1) is 22.4. The molecule has 5 aromatic rings. The number of thioether (sulfide) groups is 1. The predicted octanol–water partition coefficient (Wildman–Crippen LogP) is 6.97. The van der Waals surface area contributed by atoms with Crippen LogP contribution >= 0.6 is 23.1 Å². The molecule has 9 nitrogen and oxygen atoms in total. The molecule has 0 aliphatic rings. The van der Waals surface area contributed by atoms with E-state index in [4.69, 9.17) is 9.47 Å². The van der Waals surface area contributed by atoms with E-state index in [1.54, 1.807) is 73.8 Å². The summed E-state index contributed by atoms with van der Waals surface area (Å²) in [6, 6.07) is 30.6. The van der Waals surface area contributed by atoms with Crippen molar-refractivity contribution in [1.29, 1.82) is 0 Å². The minimum absolute atomic E-state index is 0.0186. The van der Waals surface area contributed by atoms with Crippen LogP contribution in [0.2, 0.25) is 0 Å². The molecule has 0 radical (unpaired) electrons. The zero-order valence-electron chi connectivity index (χ0n) is 25.0. The number of benzene rings is 4. The number of hydrogen-bond donors (Lipinski definition) is 3. The van der Waals surface area contributed by atoms with E-state index in [1.807, 2.05) is 47.8 Å². The molecule has 1 aromatic heterocycles. The van der Waals surface area contributed by atoms with Gasteiger partial charge in [0.25, 0.3) is 11.8 Å². The summed E-state index contributed by atoms with van der Waals surface area (Å²) < 4.78 is 10.8. The molecule has 1 heterocycles. The monoisotopic (exact) mass is 650 g/mol. The fraction of sp³-hybridized carbons (Fsp3) is 0.0857. The normalized spacial score (nSPS) is 11.0. The smallest absolute Gasteiger partial charge is 0.272 e. The molecule has 0 bridgehead atoms. The van der Waals surface area contributed by atoms with Gasteiger partial charge in [-0.15, -0.1) is 23.1 Å². The SMILES string of the molecule is COc1ccc(/C=C(\NC(=O)c2ccccc2)C(=O)Nc2ccc(SCC(=O)Nc3nc(-c4ccccc4)cs3)cc2)c(OC)c1. The summed E-state index contributed by atoms with van der Waals surface area (Å²) >= 11 is 2.73. The van der Waals surface area contributed by atoms with Crippen LogP contribution in [0.5, 0.6) is 11.5 Å². The van der Waals surface area contributed by atoms with Gasteiger partial charge in [0.1, 0.15) is 17.2 Å². The van der Waals surface area contributed by atoms with Crippen LogP contribution in [-0.4, -0.2) is 42.7 Å². The maximum atomic E-state index is 13.4. The summed E-state index contributed by atoms with van der Waals surface area (Å²) in [4.78, 5) is 44.3. The number of carbonyl (C=O) groups is 3. The van der Waals surface area contributed by atoms with Crippen LogP contribution in [-0.2, 0) is 9.59 Å². The van der Waals surface area contributed by atoms with Gasteiger partial charge >= 0.3 is 0 Å². The minimum atomic E-state index is -0.528. The third-order valence-corrected chi connectivity index (χ3v) is 8.34. The third kappa shape index (κ3) is 8.62. The summed E-state index contributed by atoms with van der Waals surface area (Å²) in [6.45, 7) is 0. The van der Waals surface area contributed by atoms with Gasteiger partial charge in [-0.05, 0) is 54.6 Å². The first-order valence-electron chi connectivity index (χ1n) is 14.1. The van der Waals surface area contributed by atoms with Crippen molar-refractivity contribution in [3.05, 3.63) is 125 Å². The van der Waals surface area contributed by atoms with Crippen molar-refractivity contribution in [2.24, 2.45) is 0 Å². The average Bonchev–Trinajstić information content (AvgIpc) is 3.56. The number of anilines is 2. The number of carbonyl (C=O) groups excluding carboxylic acids is 3. The Morgan fingerprint density at radius 2 is 1.57 bits per heavy atom. The van der Waals surface area contributed by atoms with E-state index >= 15 is 0 Å². The van der Waals surface area contributed by atoms with E-state index in [0.29, 0.717) is 33.4 Å². The summed E-state index contributed by atoms with van der Waals surface area (Å²) in [5.41, 5.74) is 3.30. The Bertz CT molecular complexity index is 1840. The molecule has 0 aliphatic heterocycles. The second kappa shape index (κ2) is 15.6. The fourth-order valence-corrected chi connectivity index (χ4v) is 5.68. The Morgan fingerprint density at radius 1 is 0.848 bits per heavy atom. The molecule has 5 rings (SSSR count). The second-order valence-electron chi connectivity index (χ2n) is 9.71. The number of thiazole rings is 1. The number of nitrogens with one attached hydrogen (secondary N) is 3. The van der Waals surface area contributed by atoms with Gasteiger partial charge in [-0.3, -0.25) is 14.4 Å². The Labute approximate surface area is 274 Å². The number of nitrogens with zero attached hydrogens (tertiary/aromatic N) is 1. The summed E-state index contributed by atoms with van der Waals surface area (Å²) in [6.07, 6.45) is 1.54. The molecule has 0 unspecified atom stereocenters. The highest BCUT2D eigenvalue weighted by Gasteiger charge is 2.17. The average molecular weight is 651 g/mol. The van der Waals surface area contributed by atoms with Crippen LogP contribution in [0, 0.1) is 0 Å². The van der Waals surface area contributed by atoms with E-state index < -0.39 is 11.8 Å². The largest absolute Gasteiger partial charge is 0.497 e. The molecular formula is C35H30N4O5S2. The zero-order valence-corrected chi connectivity index (χ0v) is 26.6. The molecule has 3 amide bonds. The van der Waals surface area contributed by atoms with Crippen molar-refractivity contribution in [2.75, 3.05) is 30.6 Å². The van der Waals surface area contributed by atoms with Crippen molar-refractivity contribution in [1.82, 2.24) is 10.3 Å². The van der Waals surface area contributed by atoms with Gasteiger partial charge in [0.2, 0.25) is 5.91 Å². The Kier molecular flexibility index (Phi) is 10.8. The lowest BCUT2D eigenvalue weighted by molar-refractivity contribution is -0.114. The molecule has 0 spiro atoms. The fourth-order valence-electron chi connectivity index (χ4n) is 4.25. The van der Waals surface area contributed by atoms with E-state index in [1.165, 1.54) is 30.2 Å². The second-order valence-corrected chi connectivity index (χ2v) is 11.6. The Morgan fingerprint density at radius 3 is 2.26 bits per heavy atom. The molecule has 4 aromatic carbocycles. The van der Waals surface area contributed by atoms with Crippen LogP contribution in [0.25, 0.3) is 17.3 Å². The molecule has 0 saturated heterocycles. The Balaban J connectivity index is 1.23. The first kappa shape index (κ1) is 32.0. The van der Waals surface area contributed by atoms with Crippen molar-refractivity contribution < 1.29 is 23.9 Å². The molecule has 11 heteroatoms. The highest BCUT2D eigenvalue weighted by Crippen LogP contribution is 2.28. The maximum Gasteiger partial charge on any atom is 0.272 e. The van der Waals surface area contributed by atoms with Gasteiger partial charge < -0.3 is 25.4 Å². The molecule has 0 aliphatic carbocycles. The van der Waals surface area contributed by atoms with Crippen LogP contribution < -0.4 is 25.4 Å². The number of aromatic nitrogens is 1. The van der Waals surface area contributed by atoms with Crippen molar-refractivity contribution in [3.63, 3.8) is 0 Å². The summed E-state index contributed by atoms with van der Waals surface area (Å²) in [5, 5.41) is 10.9. The molecule has 46 heavy (non-hydrogen) atoms.